The lowest BCUT2D eigenvalue weighted by Crippen LogP contribution is -2.42. The standard InChI is InChI=1S/C18H19N3O3/c1-5-20-9-14(8-19)17(23)21(18(20)24)10-16(22)15-7-12(3)11(2)6-13(15)4/h6-7,9H,5,10H2,1-4H3. The minimum Gasteiger partial charge on any atom is -0.299 e. The van der Waals surface area contributed by atoms with Gasteiger partial charge in [-0.15, -0.1) is 0 Å². The highest BCUT2D eigenvalue weighted by Gasteiger charge is 2.17. The molecule has 0 fully saturated rings. The second-order valence-corrected chi connectivity index (χ2v) is 5.79. The first-order valence-electron chi connectivity index (χ1n) is 7.65. The number of benzene rings is 1. The van der Waals surface area contributed by atoms with Gasteiger partial charge in [-0.05, 0) is 50.5 Å². The highest BCUT2D eigenvalue weighted by atomic mass is 16.2. The summed E-state index contributed by atoms with van der Waals surface area (Å²) in [6.45, 7) is 7.34. The van der Waals surface area contributed by atoms with Crippen LogP contribution in [0.5, 0.6) is 0 Å². The van der Waals surface area contributed by atoms with Crippen LogP contribution in [0.2, 0.25) is 0 Å². The molecule has 1 aromatic carbocycles. The number of nitriles is 1. The van der Waals surface area contributed by atoms with E-state index in [1.165, 1.54) is 10.8 Å². The number of nitrogens with zero attached hydrogens (tertiary/aromatic N) is 3. The smallest absolute Gasteiger partial charge is 0.299 e. The average molecular weight is 325 g/mol. The lowest BCUT2D eigenvalue weighted by Gasteiger charge is -2.11. The van der Waals surface area contributed by atoms with Gasteiger partial charge in [-0.1, -0.05) is 6.07 Å². The van der Waals surface area contributed by atoms with Crippen molar-refractivity contribution in [2.45, 2.75) is 40.8 Å². The summed E-state index contributed by atoms with van der Waals surface area (Å²) in [5.41, 5.74) is 1.84. The Balaban J connectivity index is 2.55. The van der Waals surface area contributed by atoms with Crippen molar-refractivity contribution in [1.29, 1.82) is 5.26 Å². The van der Waals surface area contributed by atoms with Gasteiger partial charge in [0.2, 0.25) is 0 Å². The first-order chi connectivity index (χ1) is 11.3. The van der Waals surface area contributed by atoms with Crippen molar-refractivity contribution >= 4 is 5.78 Å². The van der Waals surface area contributed by atoms with Gasteiger partial charge in [0.1, 0.15) is 11.6 Å². The Kier molecular flexibility index (Phi) is 4.84. The highest BCUT2D eigenvalue weighted by molar-refractivity contribution is 5.97. The first-order valence-corrected chi connectivity index (χ1v) is 7.65. The molecule has 1 aromatic heterocycles. The van der Waals surface area contributed by atoms with E-state index in [1.807, 2.05) is 26.8 Å². The molecule has 0 N–H and O–H groups in total. The van der Waals surface area contributed by atoms with Gasteiger partial charge in [0.25, 0.3) is 5.56 Å². The summed E-state index contributed by atoms with van der Waals surface area (Å²) in [5, 5.41) is 9.05. The molecule has 0 saturated carbocycles. The van der Waals surface area contributed by atoms with Crippen molar-refractivity contribution < 1.29 is 4.79 Å². The second kappa shape index (κ2) is 6.67. The van der Waals surface area contributed by atoms with E-state index >= 15 is 0 Å². The lowest BCUT2D eigenvalue weighted by atomic mass is 9.98. The molecule has 124 valence electrons. The van der Waals surface area contributed by atoms with Crippen molar-refractivity contribution in [3.8, 4) is 6.07 Å². The number of hydrogen-bond acceptors (Lipinski definition) is 4. The molecule has 0 unspecified atom stereocenters. The molecular weight excluding hydrogens is 306 g/mol. The number of aryl methyl sites for hydroxylation is 4. The largest absolute Gasteiger partial charge is 0.331 e. The van der Waals surface area contributed by atoms with Crippen molar-refractivity contribution in [3.63, 3.8) is 0 Å². The summed E-state index contributed by atoms with van der Waals surface area (Å²) >= 11 is 0. The van der Waals surface area contributed by atoms with Crippen LogP contribution in [-0.2, 0) is 13.1 Å². The predicted molar refractivity (Wildman–Crippen MR) is 90.3 cm³/mol. The monoisotopic (exact) mass is 325 g/mol. The Morgan fingerprint density at radius 2 is 1.75 bits per heavy atom. The van der Waals surface area contributed by atoms with E-state index in [1.54, 1.807) is 19.1 Å². The van der Waals surface area contributed by atoms with Gasteiger partial charge in [-0.25, -0.2) is 4.79 Å². The van der Waals surface area contributed by atoms with Gasteiger partial charge in [-0.3, -0.25) is 18.7 Å². The van der Waals surface area contributed by atoms with Gasteiger partial charge in [-0.2, -0.15) is 5.26 Å². The highest BCUT2D eigenvalue weighted by Crippen LogP contribution is 2.16. The number of hydrogen-bond donors (Lipinski definition) is 0. The summed E-state index contributed by atoms with van der Waals surface area (Å²) in [6, 6.07) is 5.45. The molecule has 0 bridgehead atoms. The SMILES string of the molecule is CCn1cc(C#N)c(=O)n(CC(=O)c2cc(C)c(C)cc2C)c1=O. The normalized spacial score (nSPS) is 10.5. The molecule has 0 aliphatic rings. The lowest BCUT2D eigenvalue weighted by molar-refractivity contribution is 0.0967. The molecule has 0 spiro atoms. The van der Waals surface area contributed by atoms with E-state index in [4.69, 9.17) is 5.26 Å². The van der Waals surface area contributed by atoms with E-state index in [9.17, 15) is 14.4 Å². The third-order valence-corrected chi connectivity index (χ3v) is 4.14. The molecule has 0 atom stereocenters. The number of Topliss-reactive ketones (excluding diaryl/α,β-unsaturated/α-hetero) is 1. The Hall–Kier alpha value is -2.94. The van der Waals surface area contributed by atoms with Gasteiger partial charge >= 0.3 is 5.69 Å². The molecule has 6 heteroatoms. The fourth-order valence-corrected chi connectivity index (χ4v) is 2.59. The third-order valence-electron chi connectivity index (χ3n) is 4.14. The quantitative estimate of drug-likeness (QED) is 0.801. The Bertz CT molecular complexity index is 975. The van der Waals surface area contributed by atoms with E-state index in [0.29, 0.717) is 12.1 Å². The summed E-state index contributed by atoms with van der Waals surface area (Å²) in [5.74, 6) is -0.326. The zero-order chi connectivity index (χ0) is 18.0. The topological polar surface area (TPSA) is 84.9 Å². The molecule has 1 heterocycles. The summed E-state index contributed by atoms with van der Waals surface area (Å²) in [6.07, 6.45) is 1.23. The Morgan fingerprint density at radius 1 is 1.12 bits per heavy atom. The van der Waals surface area contributed by atoms with Gasteiger partial charge < -0.3 is 0 Å². The van der Waals surface area contributed by atoms with Gasteiger partial charge in [0.15, 0.2) is 5.78 Å². The van der Waals surface area contributed by atoms with Crippen LogP contribution < -0.4 is 11.2 Å². The maximum absolute atomic E-state index is 12.6. The number of carbonyl (C=O) groups is 1. The number of carbonyl (C=O) groups excluding carboxylic acids is 1. The van der Waals surface area contributed by atoms with Crippen LogP contribution in [0.15, 0.2) is 27.9 Å². The van der Waals surface area contributed by atoms with Crippen LogP contribution in [0.4, 0.5) is 0 Å². The molecule has 2 rings (SSSR count). The minimum absolute atomic E-state index is 0.152. The van der Waals surface area contributed by atoms with Crippen LogP contribution in [0.3, 0.4) is 0 Å². The number of ketones is 1. The van der Waals surface area contributed by atoms with Crippen molar-refractivity contribution in [2.24, 2.45) is 0 Å². The van der Waals surface area contributed by atoms with E-state index in [2.05, 4.69) is 0 Å². The first kappa shape index (κ1) is 17.4. The van der Waals surface area contributed by atoms with Gasteiger partial charge in [0.05, 0.1) is 6.54 Å². The molecule has 0 radical (unpaired) electrons. The predicted octanol–water partition coefficient (Wildman–Crippen LogP) is 1.71. The number of rotatable bonds is 4. The average Bonchev–Trinajstić information content (AvgIpc) is 2.55. The van der Waals surface area contributed by atoms with Crippen molar-refractivity contribution in [1.82, 2.24) is 9.13 Å². The van der Waals surface area contributed by atoms with E-state index < -0.39 is 11.2 Å². The van der Waals surface area contributed by atoms with E-state index in [-0.39, 0.29) is 17.9 Å². The fourth-order valence-electron chi connectivity index (χ4n) is 2.59. The fraction of sp³-hybridized carbons (Fsp3) is 0.333. The van der Waals surface area contributed by atoms with Crippen LogP contribution in [0, 0.1) is 32.1 Å². The molecule has 0 aliphatic carbocycles. The van der Waals surface area contributed by atoms with Crippen LogP contribution >= 0.6 is 0 Å². The summed E-state index contributed by atoms with van der Waals surface area (Å²) in [7, 11) is 0. The minimum atomic E-state index is -0.734. The molecule has 0 amide bonds. The van der Waals surface area contributed by atoms with Crippen LogP contribution in [-0.4, -0.2) is 14.9 Å². The second-order valence-electron chi connectivity index (χ2n) is 5.79. The molecule has 0 aliphatic heterocycles. The summed E-state index contributed by atoms with van der Waals surface area (Å²) < 4.78 is 2.08. The number of aromatic nitrogens is 2. The van der Waals surface area contributed by atoms with E-state index in [0.717, 1.165) is 21.3 Å². The van der Waals surface area contributed by atoms with Crippen molar-refractivity contribution in [3.05, 3.63) is 67.0 Å². The maximum Gasteiger partial charge on any atom is 0.331 e. The maximum atomic E-state index is 12.6. The van der Waals surface area contributed by atoms with Crippen LogP contribution in [0.1, 0.15) is 39.5 Å². The zero-order valence-corrected chi connectivity index (χ0v) is 14.2. The van der Waals surface area contributed by atoms with Crippen LogP contribution in [0.25, 0.3) is 0 Å². The van der Waals surface area contributed by atoms with Crippen molar-refractivity contribution in [2.75, 3.05) is 0 Å². The molecule has 6 nitrogen and oxygen atoms in total. The zero-order valence-electron chi connectivity index (χ0n) is 14.2. The summed E-state index contributed by atoms with van der Waals surface area (Å²) in [4.78, 5) is 37.2. The third kappa shape index (κ3) is 3.06. The Labute approximate surface area is 139 Å². The van der Waals surface area contributed by atoms with Gasteiger partial charge in [0, 0.05) is 18.3 Å². The Morgan fingerprint density at radius 3 is 2.33 bits per heavy atom. The molecular formula is C18H19N3O3. The molecule has 0 saturated heterocycles. The molecule has 2 aromatic rings. The molecule has 24 heavy (non-hydrogen) atoms.